The van der Waals surface area contributed by atoms with Gasteiger partial charge in [0, 0.05) is 61.2 Å². The summed E-state index contributed by atoms with van der Waals surface area (Å²) in [5.41, 5.74) is -6.04. The summed E-state index contributed by atoms with van der Waals surface area (Å²) in [5, 5.41) is 37.1. The number of esters is 4. The van der Waals surface area contributed by atoms with E-state index in [0.29, 0.717) is 0 Å². The summed E-state index contributed by atoms with van der Waals surface area (Å²) >= 11 is 4.30. The molecule has 7 rings (SSSR count). The first-order valence-corrected chi connectivity index (χ1v) is 19.2. The van der Waals surface area contributed by atoms with Gasteiger partial charge in [-0.15, -0.1) is 0 Å². The van der Waals surface area contributed by atoms with Gasteiger partial charge in [0.1, 0.15) is 30.5 Å². The number of ether oxygens (including phenoxy) is 5. The van der Waals surface area contributed by atoms with E-state index in [9.17, 15) is 39.3 Å². The van der Waals surface area contributed by atoms with Gasteiger partial charge in [-0.1, -0.05) is 50.3 Å². The Morgan fingerprint density at radius 1 is 0.857 bits per heavy atom. The molecule has 49 heavy (non-hydrogen) atoms. The molecule has 7 aliphatic rings. The molecular formula is C34H44I2O13. The smallest absolute Gasteiger partial charge is 0.339 e. The highest BCUT2D eigenvalue weighted by Gasteiger charge is 2.87. The molecule has 2 saturated heterocycles. The molecule has 5 saturated carbocycles. The number of ketones is 1. The minimum atomic E-state index is -2.06. The Morgan fingerprint density at radius 3 is 2.00 bits per heavy atom. The Labute approximate surface area is 311 Å². The minimum Gasteiger partial charge on any atom is -0.459 e. The van der Waals surface area contributed by atoms with E-state index in [0.717, 1.165) is 0 Å². The van der Waals surface area contributed by atoms with Gasteiger partial charge in [0.2, 0.25) is 0 Å². The van der Waals surface area contributed by atoms with Crippen molar-refractivity contribution in [2.24, 2.45) is 57.7 Å². The number of Topliss-reactive ketones (excluding diaryl/α,β-unsaturated/α-hetero) is 1. The zero-order chi connectivity index (χ0) is 36.3. The van der Waals surface area contributed by atoms with Gasteiger partial charge in [-0.05, 0) is 47.8 Å². The molecule has 3 N–H and O–H groups in total. The van der Waals surface area contributed by atoms with Crippen molar-refractivity contribution < 1.29 is 63.0 Å². The molecule has 13 nitrogen and oxygen atoms in total. The lowest BCUT2D eigenvalue weighted by Gasteiger charge is -2.65. The van der Waals surface area contributed by atoms with Gasteiger partial charge in [0.25, 0.3) is 0 Å². The van der Waals surface area contributed by atoms with E-state index in [1.807, 2.05) is 13.8 Å². The summed E-state index contributed by atoms with van der Waals surface area (Å²) in [6.07, 6.45) is -7.12. The van der Waals surface area contributed by atoms with Crippen LogP contribution >= 0.6 is 45.2 Å². The van der Waals surface area contributed by atoms with Crippen molar-refractivity contribution in [2.75, 3.05) is 0 Å². The van der Waals surface area contributed by atoms with Crippen molar-refractivity contribution in [3.05, 3.63) is 0 Å². The number of rotatable bonds is 3. The van der Waals surface area contributed by atoms with E-state index >= 15 is 0 Å². The Kier molecular flexibility index (Phi) is 8.09. The van der Waals surface area contributed by atoms with E-state index in [1.165, 1.54) is 27.7 Å². The summed E-state index contributed by atoms with van der Waals surface area (Å²) in [6, 6.07) is 0. The van der Waals surface area contributed by atoms with Crippen molar-refractivity contribution in [1.29, 1.82) is 0 Å². The lowest BCUT2D eigenvalue weighted by molar-refractivity contribution is -0.273. The third kappa shape index (κ3) is 4.20. The van der Waals surface area contributed by atoms with Crippen LogP contribution in [-0.4, -0.2) is 101 Å². The number of carbonyl (C=O) groups is 5. The number of aliphatic hydroxyl groups excluding tert-OH is 2. The summed E-state index contributed by atoms with van der Waals surface area (Å²) in [5.74, 6) is -9.03. The molecule has 0 radical (unpaired) electrons. The van der Waals surface area contributed by atoms with Crippen LogP contribution in [0.4, 0.5) is 0 Å². The fourth-order valence-electron chi connectivity index (χ4n) is 12.4. The third-order valence-electron chi connectivity index (χ3n) is 14.4. The summed E-state index contributed by atoms with van der Waals surface area (Å²) in [6.45, 7) is 12.4. The average molecular weight is 915 g/mol. The molecule has 0 aromatic carbocycles. The van der Waals surface area contributed by atoms with Crippen LogP contribution in [-0.2, 0) is 47.7 Å². The van der Waals surface area contributed by atoms with E-state index < -0.39 is 131 Å². The van der Waals surface area contributed by atoms with Crippen LogP contribution in [0, 0.1) is 57.7 Å². The number of epoxide rings is 1. The minimum absolute atomic E-state index is 0.240. The highest BCUT2D eigenvalue weighted by atomic mass is 127. The van der Waals surface area contributed by atoms with Gasteiger partial charge < -0.3 is 39.0 Å². The molecule has 272 valence electrons. The van der Waals surface area contributed by atoms with Gasteiger partial charge in [0.05, 0.1) is 21.5 Å². The highest BCUT2D eigenvalue weighted by molar-refractivity contribution is 14.1. The Balaban J connectivity index is 1.51. The first kappa shape index (κ1) is 36.2. The predicted octanol–water partition coefficient (Wildman–Crippen LogP) is 1.89. The average Bonchev–Trinajstić information content (AvgIpc) is 3.69. The van der Waals surface area contributed by atoms with Crippen molar-refractivity contribution in [2.45, 2.75) is 118 Å². The van der Waals surface area contributed by atoms with Gasteiger partial charge >= 0.3 is 23.9 Å². The second kappa shape index (κ2) is 10.9. The molecule has 20 atom stereocenters. The number of halogens is 2. The topological polar surface area (TPSA) is 195 Å². The highest BCUT2D eigenvalue weighted by Crippen LogP contribution is 2.78. The van der Waals surface area contributed by atoms with E-state index in [4.69, 9.17) is 23.7 Å². The lowest BCUT2D eigenvalue weighted by Crippen LogP contribution is -2.75. The molecule has 15 heteroatoms. The molecular weight excluding hydrogens is 870 g/mol. The maximum Gasteiger partial charge on any atom is 0.339 e. The monoisotopic (exact) mass is 914 g/mol. The molecule has 7 fully saturated rings. The Bertz CT molecular complexity index is 1540. The second-order valence-corrected chi connectivity index (χ2v) is 19.3. The summed E-state index contributed by atoms with van der Waals surface area (Å²) in [7, 11) is 0. The molecule has 2 heterocycles. The number of carbonyl (C=O) groups excluding carboxylic acids is 5. The number of aliphatic hydroxyl groups is 3. The fraction of sp³-hybridized carbons (Fsp3) is 0.853. The number of hydrogen-bond acceptors (Lipinski definition) is 13. The molecule has 0 aromatic rings. The van der Waals surface area contributed by atoms with Gasteiger partial charge in [-0.25, -0.2) is 4.79 Å². The maximum absolute atomic E-state index is 14.4. The van der Waals surface area contributed by atoms with Crippen LogP contribution in [0.15, 0.2) is 0 Å². The number of alkyl halides is 2. The molecule has 0 amide bonds. The van der Waals surface area contributed by atoms with Crippen molar-refractivity contribution in [3.8, 4) is 0 Å². The standard InChI is InChI=1S/C34H44I2O13/c1-10-17-20(32(7)33(8,44)29(43)49-34(32,36)26(10)35)23(42)18-16-19(25(45-11(2)37)28(31(17,18)6)47-13(4)39)30(5)14(21(40)22(16)41)9-15-24(48-15)27(30)46-12(3)38/h10,14-20,22-28,41-42,44H,9H2,1-8H3/t10-,14+,15-,16?,17-,18+,19?,20?,22+,23+,24-,25-,26?,27-,28-,30-,31+,32?,33+,34?/m0/s1. The van der Waals surface area contributed by atoms with Crippen LogP contribution in [0.25, 0.3) is 0 Å². The molecule has 0 bridgehead atoms. The summed E-state index contributed by atoms with van der Waals surface area (Å²) < 4.78 is 28.6. The first-order valence-electron chi connectivity index (χ1n) is 16.9. The Morgan fingerprint density at radius 2 is 1.43 bits per heavy atom. The van der Waals surface area contributed by atoms with Crippen LogP contribution in [0.1, 0.15) is 61.8 Å². The van der Waals surface area contributed by atoms with Crippen LogP contribution in [0.5, 0.6) is 0 Å². The van der Waals surface area contributed by atoms with Crippen LogP contribution in [0.2, 0.25) is 0 Å². The maximum atomic E-state index is 14.4. The molecule has 0 aromatic heterocycles. The normalized spacial score (nSPS) is 58.0. The lowest BCUT2D eigenvalue weighted by atomic mass is 9.41. The molecule has 5 aliphatic carbocycles. The van der Waals surface area contributed by atoms with Crippen molar-refractivity contribution in [3.63, 3.8) is 0 Å². The first-order chi connectivity index (χ1) is 22.5. The SMILES string of the molecule is CC(=O)O[C@H]1C2C([C@@H]3[C@@H](O)C4[C@H]([C@H](C)C(I)C5(I)OC(=O)[C@@](C)(O)C45C)[C@@]3(C)[C@H]1OC(C)=O)[C@@H](O)C(=O)[C@H]1C[C@@H]3O[C@@H]3[C@H](OC(C)=O)[C@]21C. The van der Waals surface area contributed by atoms with Crippen LogP contribution < -0.4 is 0 Å². The van der Waals surface area contributed by atoms with Gasteiger partial charge in [-0.3, -0.25) is 19.2 Å². The fourth-order valence-corrected chi connectivity index (χ4v) is 15.3. The van der Waals surface area contributed by atoms with Gasteiger partial charge in [-0.2, -0.15) is 0 Å². The molecule has 6 unspecified atom stereocenters. The Hall–Kier alpha value is -1.15. The zero-order valence-electron chi connectivity index (χ0n) is 28.5. The van der Waals surface area contributed by atoms with E-state index in [-0.39, 0.29) is 18.4 Å². The second-order valence-electron chi connectivity index (χ2n) is 16.4. The van der Waals surface area contributed by atoms with Crippen molar-refractivity contribution >= 4 is 74.8 Å². The van der Waals surface area contributed by atoms with Crippen LogP contribution in [0.3, 0.4) is 0 Å². The quantitative estimate of drug-likeness (QED) is 0.122. The van der Waals surface area contributed by atoms with Crippen molar-refractivity contribution in [1.82, 2.24) is 0 Å². The number of hydrogen-bond donors (Lipinski definition) is 3. The third-order valence-corrected chi connectivity index (χ3v) is 19.6. The zero-order valence-corrected chi connectivity index (χ0v) is 32.9. The molecule has 2 aliphatic heterocycles. The van der Waals surface area contributed by atoms with Gasteiger partial charge in [0.15, 0.2) is 15.0 Å². The van der Waals surface area contributed by atoms with E-state index in [1.54, 1.807) is 13.8 Å². The number of fused-ring (bicyclic) bond motifs is 10. The molecule has 0 spiro atoms. The summed E-state index contributed by atoms with van der Waals surface area (Å²) in [4.78, 5) is 66.6. The predicted molar refractivity (Wildman–Crippen MR) is 183 cm³/mol. The largest absolute Gasteiger partial charge is 0.459 e. The van der Waals surface area contributed by atoms with E-state index in [2.05, 4.69) is 45.2 Å².